The Balaban J connectivity index is 0.00000169. The molecule has 0 radical (unpaired) electrons. The summed E-state index contributed by atoms with van der Waals surface area (Å²) < 4.78 is 4.85. The number of aliphatic imine (C=N–C) groups is 1. The summed E-state index contributed by atoms with van der Waals surface area (Å²) in [5.74, 6) is 0.418. The Morgan fingerprint density at radius 2 is 2.50 bits per heavy atom. The zero-order chi connectivity index (χ0) is 9.84. The first kappa shape index (κ1) is 13.7. The molecule has 0 aliphatic carbocycles. The molecule has 0 aromatic carbocycles. The zero-order valence-electron chi connectivity index (χ0n) is 8.23. The standard InChI is InChI=1S/C8H14N2O2S.ClH/c1-3-12-8(11)6-4-13-7(10-6)5(2)9;/h5-6H,3-4,9H2,1-2H3;1H/t5-,6?;/m0./s1. The maximum atomic E-state index is 11.2. The number of halogens is 1. The number of nitrogens with zero attached hydrogens (tertiary/aromatic N) is 1. The molecule has 4 nitrogen and oxygen atoms in total. The minimum absolute atomic E-state index is 0. The number of nitrogens with two attached hydrogens (primary N) is 1. The van der Waals surface area contributed by atoms with E-state index in [-0.39, 0.29) is 30.5 Å². The first-order valence-corrected chi connectivity index (χ1v) is 5.26. The quantitative estimate of drug-likeness (QED) is 0.740. The van der Waals surface area contributed by atoms with Crippen molar-refractivity contribution >= 4 is 35.2 Å². The third-order valence-electron chi connectivity index (χ3n) is 1.62. The molecule has 0 saturated carbocycles. The lowest BCUT2D eigenvalue weighted by Crippen LogP contribution is -2.24. The molecule has 1 rings (SSSR count). The van der Waals surface area contributed by atoms with Gasteiger partial charge in [0.2, 0.25) is 0 Å². The molecule has 6 heteroatoms. The van der Waals surface area contributed by atoms with Gasteiger partial charge in [-0.15, -0.1) is 24.2 Å². The number of esters is 1. The van der Waals surface area contributed by atoms with E-state index >= 15 is 0 Å². The van der Waals surface area contributed by atoms with Crippen molar-refractivity contribution in [3.8, 4) is 0 Å². The Hall–Kier alpha value is -0.260. The fourth-order valence-corrected chi connectivity index (χ4v) is 2.00. The van der Waals surface area contributed by atoms with Gasteiger partial charge < -0.3 is 10.5 Å². The normalized spacial score (nSPS) is 22.2. The van der Waals surface area contributed by atoms with Crippen molar-refractivity contribution < 1.29 is 9.53 Å². The van der Waals surface area contributed by atoms with E-state index in [4.69, 9.17) is 10.5 Å². The molecule has 0 aromatic heterocycles. The van der Waals surface area contributed by atoms with Crippen LogP contribution in [0.4, 0.5) is 0 Å². The number of carbonyl (C=O) groups is 1. The first-order valence-electron chi connectivity index (χ1n) is 4.27. The molecular weight excluding hydrogens is 224 g/mol. The van der Waals surface area contributed by atoms with Crippen LogP contribution in [0.3, 0.4) is 0 Å². The Bertz CT molecular complexity index is 233. The molecule has 0 fully saturated rings. The molecule has 1 heterocycles. The number of thioether (sulfide) groups is 1. The molecular formula is C8H15ClN2O2S. The predicted octanol–water partition coefficient (Wildman–Crippen LogP) is 0.832. The fraction of sp³-hybridized carbons (Fsp3) is 0.750. The van der Waals surface area contributed by atoms with Crippen molar-refractivity contribution in [3.63, 3.8) is 0 Å². The Morgan fingerprint density at radius 3 is 2.93 bits per heavy atom. The minimum Gasteiger partial charge on any atom is -0.464 e. The summed E-state index contributed by atoms with van der Waals surface area (Å²) in [5.41, 5.74) is 5.63. The highest BCUT2D eigenvalue weighted by molar-refractivity contribution is 8.14. The van der Waals surface area contributed by atoms with E-state index in [1.54, 1.807) is 6.92 Å². The van der Waals surface area contributed by atoms with E-state index < -0.39 is 0 Å². The van der Waals surface area contributed by atoms with E-state index in [1.807, 2.05) is 6.92 Å². The molecule has 2 N–H and O–H groups in total. The SMILES string of the molecule is CCOC(=O)C1CSC([C@H](C)N)=N1.Cl. The number of carbonyl (C=O) groups excluding carboxylic acids is 1. The number of rotatable bonds is 3. The summed E-state index contributed by atoms with van der Waals surface area (Å²) in [4.78, 5) is 15.4. The highest BCUT2D eigenvalue weighted by atomic mass is 35.5. The third kappa shape index (κ3) is 3.48. The molecule has 1 aliphatic heterocycles. The van der Waals surface area contributed by atoms with Crippen molar-refractivity contribution in [2.45, 2.75) is 25.9 Å². The molecule has 82 valence electrons. The van der Waals surface area contributed by atoms with Gasteiger partial charge in [0.25, 0.3) is 0 Å². The molecule has 0 saturated heterocycles. The van der Waals surface area contributed by atoms with Crippen LogP contribution in [0.25, 0.3) is 0 Å². The van der Waals surface area contributed by atoms with E-state index in [0.29, 0.717) is 12.4 Å². The molecule has 0 amide bonds. The second kappa shape index (κ2) is 6.27. The van der Waals surface area contributed by atoms with E-state index in [1.165, 1.54) is 11.8 Å². The van der Waals surface area contributed by atoms with Crippen LogP contribution in [0.1, 0.15) is 13.8 Å². The number of ether oxygens (including phenoxy) is 1. The van der Waals surface area contributed by atoms with Crippen LogP contribution in [0, 0.1) is 0 Å². The van der Waals surface area contributed by atoms with Crippen molar-refractivity contribution in [2.24, 2.45) is 10.7 Å². The fourth-order valence-electron chi connectivity index (χ4n) is 1.00. The average molecular weight is 239 g/mol. The van der Waals surface area contributed by atoms with Gasteiger partial charge in [0.05, 0.1) is 11.7 Å². The van der Waals surface area contributed by atoms with Crippen LogP contribution >= 0.6 is 24.2 Å². The van der Waals surface area contributed by atoms with E-state index in [0.717, 1.165) is 5.04 Å². The summed E-state index contributed by atoms with van der Waals surface area (Å²) in [5, 5.41) is 0.845. The second-order valence-corrected chi connectivity index (χ2v) is 3.88. The molecule has 14 heavy (non-hydrogen) atoms. The van der Waals surface area contributed by atoms with Gasteiger partial charge in [0.1, 0.15) is 0 Å². The van der Waals surface area contributed by atoms with Gasteiger partial charge in [-0.1, -0.05) is 0 Å². The number of hydrogen-bond acceptors (Lipinski definition) is 5. The maximum Gasteiger partial charge on any atom is 0.331 e. The lowest BCUT2D eigenvalue weighted by Gasteiger charge is -2.04. The summed E-state index contributed by atoms with van der Waals surface area (Å²) >= 11 is 1.54. The van der Waals surface area contributed by atoms with Crippen LogP contribution in [0.5, 0.6) is 0 Å². The van der Waals surface area contributed by atoms with Gasteiger partial charge in [-0.2, -0.15) is 0 Å². The smallest absolute Gasteiger partial charge is 0.331 e. The molecule has 1 aliphatic rings. The van der Waals surface area contributed by atoms with Gasteiger partial charge in [0, 0.05) is 11.8 Å². The monoisotopic (exact) mass is 238 g/mol. The van der Waals surface area contributed by atoms with E-state index in [9.17, 15) is 4.79 Å². The van der Waals surface area contributed by atoms with Crippen LogP contribution in [-0.4, -0.2) is 35.5 Å². The molecule has 0 spiro atoms. The zero-order valence-corrected chi connectivity index (χ0v) is 9.86. The Morgan fingerprint density at radius 1 is 1.86 bits per heavy atom. The highest BCUT2D eigenvalue weighted by Crippen LogP contribution is 2.20. The van der Waals surface area contributed by atoms with Crippen molar-refractivity contribution in [1.82, 2.24) is 0 Å². The lowest BCUT2D eigenvalue weighted by molar-refractivity contribution is -0.143. The molecule has 2 atom stereocenters. The van der Waals surface area contributed by atoms with Gasteiger partial charge >= 0.3 is 5.97 Å². The molecule has 0 bridgehead atoms. The van der Waals surface area contributed by atoms with Gasteiger partial charge in [-0.05, 0) is 13.8 Å². The summed E-state index contributed by atoms with van der Waals surface area (Å²) in [6.45, 7) is 4.05. The van der Waals surface area contributed by atoms with Gasteiger partial charge in [0.15, 0.2) is 6.04 Å². The predicted molar refractivity (Wildman–Crippen MR) is 61.2 cm³/mol. The van der Waals surface area contributed by atoms with Crippen LogP contribution in [0.15, 0.2) is 4.99 Å². The topological polar surface area (TPSA) is 64.7 Å². The lowest BCUT2D eigenvalue weighted by atomic mass is 10.3. The summed E-state index contributed by atoms with van der Waals surface area (Å²) in [6, 6.07) is -0.421. The maximum absolute atomic E-state index is 11.2. The summed E-state index contributed by atoms with van der Waals surface area (Å²) in [6.07, 6.45) is 0. The average Bonchev–Trinajstić information content (AvgIpc) is 2.52. The van der Waals surface area contributed by atoms with Gasteiger partial charge in [-0.3, -0.25) is 4.99 Å². The minimum atomic E-state index is -0.342. The second-order valence-electron chi connectivity index (χ2n) is 2.83. The first-order chi connectivity index (χ1) is 6.15. The van der Waals surface area contributed by atoms with E-state index in [2.05, 4.69) is 4.99 Å². The summed E-state index contributed by atoms with van der Waals surface area (Å²) in [7, 11) is 0. The van der Waals surface area contributed by atoms with Crippen LogP contribution in [0.2, 0.25) is 0 Å². The Kier molecular flexibility index (Phi) is 6.15. The molecule has 1 unspecified atom stereocenters. The third-order valence-corrected chi connectivity index (χ3v) is 2.88. The van der Waals surface area contributed by atoms with Crippen molar-refractivity contribution in [2.75, 3.05) is 12.4 Å². The van der Waals surface area contributed by atoms with Crippen molar-refractivity contribution in [1.29, 1.82) is 0 Å². The van der Waals surface area contributed by atoms with Crippen LogP contribution in [-0.2, 0) is 9.53 Å². The van der Waals surface area contributed by atoms with Crippen molar-refractivity contribution in [3.05, 3.63) is 0 Å². The molecule has 0 aromatic rings. The number of hydrogen-bond donors (Lipinski definition) is 1. The highest BCUT2D eigenvalue weighted by Gasteiger charge is 2.27. The van der Waals surface area contributed by atoms with Gasteiger partial charge in [-0.25, -0.2) is 4.79 Å². The van der Waals surface area contributed by atoms with Crippen LogP contribution < -0.4 is 5.73 Å². The Labute approximate surface area is 94.1 Å². The largest absolute Gasteiger partial charge is 0.464 e.